The molecule has 0 saturated heterocycles. The number of carbonyl (C=O) groups excluding carboxylic acids is 1. The number of fused-ring (bicyclic) bond motifs is 4. The number of amides is 1. The Kier molecular flexibility index (Phi) is 12.9. The lowest BCUT2D eigenvalue weighted by Crippen LogP contribution is -2.33. The van der Waals surface area contributed by atoms with Crippen LogP contribution in [0.25, 0.3) is 44.0 Å². The highest BCUT2D eigenvalue weighted by atomic mass is 32.2. The Morgan fingerprint density at radius 1 is 0.653 bits per heavy atom. The van der Waals surface area contributed by atoms with Crippen molar-refractivity contribution in [2.45, 2.75) is 25.6 Å². The topological polar surface area (TPSA) is 420 Å². The number of carboxylic acids is 1. The monoisotopic (exact) mass is 1100 g/mol. The smallest absolute Gasteiger partial charge is 0.355 e. The number of hydrazone groups is 1. The number of carboxylic acid groups (broad SMARTS) is 1. The zero-order valence-electron chi connectivity index (χ0n) is 37.4. The first-order valence-electron chi connectivity index (χ1n) is 20.7. The number of anilines is 1. The van der Waals surface area contributed by atoms with Gasteiger partial charge in [0.1, 0.15) is 38.3 Å². The van der Waals surface area contributed by atoms with Crippen LogP contribution in [0.15, 0.2) is 171 Å². The maximum Gasteiger partial charge on any atom is 0.355 e. The molecule has 7 N–H and O–H groups in total. The first-order valence-corrected chi connectivity index (χ1v) is 26.5. The molecule has 0 fully saturated rings. The van der Waals surface area contributed by atoms with Crippen molar-refractivity contribution in [1.82, 2.24) is 9.97 Å². The highest BCUT2D eigenvalue weighted by Crippen LogP contribution is 2.45. The van der Waals surface area contributed by atoms with Crippen molar-refractivity contribution in [2.75, 3.05) is 12.1 Å². The molecule has 75 heavy (non-hydrogen) atoms. The van der Waals surface area contributed by atoms with Crippen molar-refractivity contribution >= 4 is 125 Å². The molecule has 382 valence electrons. The van der Waals surface area contributed by atoms with Gasteiger partial charge in [-0.25, -0.2) is 9.78 Å². The molecule has 0 bridgehead atoms. The van der Waals surface area contributed by atoms with E-state index in [9.17, 15) is 71.7 Å². The van der Waals surface area contributed by atoms with Crippen LogP contribution in [0.5, 0.6) is 11.5 Å². The van der Waals surface area contributed by atoms with E-state index in [0.717, 1.165) is 48.5 Å². The molecule has 1 aliphatic rings. The summed E-state index contributed by atoms with van der Waals surface area (Å²) in [5, 5.41) is 50.1. The summed E-state index contributed by atoms with van der Waals surface area (Å²) in [5.41, 5.74) is -1.11. The number of aliphatic carboxylic acids is 1. The van der Waals surface area contributed by atoms with E-state index in [4.69, 9.17) is 4.74 Å². The number of ether oxygens (including phenoxy) is 1. The van der Waals surface area contributed by atoms with Crippen LogP contribution in [0.1, 0.15) is 0 Å². The Bertz CT molecular complexity index is 4360. The molecule has 0 spiro atoms. The number of aromatic hydroxyl groups is 1. The van der Waals surface area contributed by atoms with Crippen LogP contribution in [0, 0.1) is 0 Å². The number of azo groups is 3. The number of phenols is 1. The number of imidazole rings is 1. The molecule has 1 atom stereocenters. The fourth-order valence-electron chi connectivity index (χ4n) is 7.55. The van der Waals surface area contributed by atoms with Crippen molar-refractivity contribution in [3.05, 3.63) is 115 Å². The lowest BCUT2D eigenvalue weighted by Gasteiger charge is -2.12. The van der Waals surface area contributed by atoms with Gasteiger partial charge in [0, 0.05) is 22.4 Å². The minimum atomic E-state index is -5.17. The van der Waals surface area contributed by atoms with E-state index in [0.29, 0.717) is 16.1 Å². The zero-order chi connectivity index (χ0) is 53.9. The predicted octanol–water partition coefficient (Wildman–Crippen LogP) is 8.01. The molecule has 0 saturated carbocycles. The van der Waals surface area contributed by atoms with Gasteiger partial charge < -0.3 is 19.9 Å². The third kappa shape index (κ3) is 10.1. The van der Waals surface area contributed by atoms with Gasteiger partial charge in [-0.1, -0.05) is 12.1 Å². The number of carbonyl (C=O) groups is 2. The number of methoxy groups -OCH3 is 1. The van der Waals surface area contributed by atoms with Gasteiger partial charge in [0.2, 0.25) is 6.04 Å². The third-order valence-electron chi connectivity index (χ3n) is 11.1. The number of aromatic amines is 1. The summed E-state index contributed by atoms with van der Waals surface area (Å²) < 4.78 is 142. The number of H-pyrrole nitrogens is 1. The maximum atomic E-state index is 13.2. The van der Waals surface area contributed by atoms with Crippen LogP contribution in [0.2, 0.25) is 0 Å². The quantitative estimate of drug-likeness (QED) is 0.0400. The Balaban J connectivity index is 1.05. The molecule has 27 nitrogen and oxygen atoms in total. The molecule has 0 radical (unpaired) electrons. The summed E-state index contributed by atoms with van der Waals surface area (Å²) in [4.78, 5) is 30.3. The molecular weight excluding hydrogens is 1070 g/mol. The fourth-order valence-corrected chi connectivity index (χ4v) is 9.83. The average Bonchev–Trinajstić information content (AvgIpc) is 3.94. The van der Waals surface area contributed by atoms with E-state index in [1.165, 1.54) is 73.8 Å². The number of hydrogen-bond donors (Lipinski definition) is 7. The number of hydrogen-bond acceptors (Lipinski definition) is 20. The minimum Gasteiger partial charge on any atom is -0.505 e. The molecule has 1 amide bonds. The van der Waals surface area contributed by atoms with E-state index in [2.05, 4.69) is 45.8 Å². The Hall–Kier alpha value is -8.82. The van der Waals surface area contributed by atoms with Gasteiger partial charge in [-0.2, -0.15) is 54.0 Å². The van der Waals surface area contributed by atoms with E-state index < -0.39 is 95.1 Å². The van der Waals surface area contributed by atoms with Gasteiger partial charge in [0.05, 0.1) is 50.6 Å². The zero-order valence-corrected chi connectivity index (χ0v) is 40.6. The van der Waals surface area contributed by atoms with Crippen LogP contribution < -0.4 is 9.75 Å². The second-order valence-electron chi connectivity index (χ2n) is 15.8. The van der Waals surface area contributed by atoms with Crippen LogP contribution in [-0.4, -0.2) is 103 Å². The molecule has 8 aromatic rings. The van der Waals surface area contributed by atoms with Gasteiger partial charge in [-0.15, -0.1) is 20.5 Å². The number of nitrogens with one attached hydrogen (secondary N) is 1. The minimum absolute atomic E-state index is 0.0219. The van der Waals surface area contributed by atoms with Crippen LogP contribution >= 0.6 is 0 Å². The summed E-state index contributed by atoms with van der Waals surface area (Å²) >= 11 is 0. The van der Waals surface area contributed by atoms with Gasteiger partial charge in [-0.05, 0) is 102 Å². The normalized spacial score (nSPS) is 14.8. The fraction of sp³-hybridized carbons (Fsp3) is 0.0455. The van der Waals surface area contributed by atoms with Crippen molar-refractivity contribution < 1.29 is 76.4 Å². The SMILES string of the molecule is COc1ccc(N=Nc2ccc(N=Nc3c(S(=O)(=O)O)cc4ccc5[nH]c(-c6ccc(N=NC7C(=O)N(c8ccc(S(=O)(=O)O)cc8)N=C7C(=O)O)cc6)nc5c4c3O)c3cc(S(=O)(=O)O)ccc23)c(S(=O)(=O)O)c1. The van der Waals surface area contributed by atoms with Crippen LogP contribution in [0.4, 0.5) is 34.1 Å². The summed E-state index contributed by atoms with van der Waals surface area (Å²) in [7, 11) is -18.2. The van der Waals surface area contributed by atoms with Gasteiger partial charge >= 0.3 is 5.97 Å². The summed E-state index contributed by atoms with van der Waals surface area (Å²) in [5.74, 6) is -3.07. The molecule has 2 heterocycles. The van der Waals surface area contributed by atoms with Gasteiger partial charge in [-0.3, -0.25) is 23.0 Å². The molecule has 7 aromatic carbocycles. The number of aromatic nitrogens is 2. The average molecular weight is 1100 g/mol. The summed E-state index contributed by atoms with van der Waals surface area (Å²) in [6, 6.07) is 21.6. The molecule has 31 heteroatoms. The second kappa shape index (κ2) is 18.9. The number of benzene rings is 7. The predicted molar refractivity (Wildman–Crippen MR) is 263 cm³/mol. The van der Waals surface area contributed by atoms with Crippen molar-refractivity contribution in [3.63, 3.8) is 0 Å². The second-order valence-corrected chi connectivity index (χ2v) is 21.4. The lowest BCUT2D eigenvalue weighted by molar-refractivity contribution is -0.130. The van der Waals surface area contributed by atoms with E-state index in [1.807, 2.05) is 0 Å². The lowest BCUT2D eigenvalue weighted by atomic mass is 10.1. The molecule has 9 rings (SSSR count). The van der Waals surface area contributed by atoms with Crippen molar-refractivity contribution in [1.29, 1.82) is 0 Å². The van der Waals surface area contributed by atoms with Crippen molar-refractivity contribution in [2.24, 2.45) is 35.8 Å². The maximum absolute atomic E-state index is 13.2. The highest BCUT2D eigenvalue weighted by molar-refractivity contribution is 7.86. The van der Waals surface area contributed by atoms with E-state index in [1.54, 1.807) is 0 Å². The van der Waals surface area contributed by atoms with Crippen LogP contribution in [0.3, 0.4) is 0 Å². The Labute approximate surface area is 420 Å². The first-order chi connectivity index (χ1) is 35.3. The highest BCUT2D eigenvalue weighted by Gasteiger charge is 2.41. The molecular formula is C44H30N10O17S4. The number of rotatable bonds is 14. The first kappa shape index (κ1) is 51.1. The van der Waals surface area contributed by atoms with Crippen molar-refractivity contribution in [3.8, 4) is 22.9 Å². The molecule has 1 aromatic heterocycles. The molecule has 1 aliphatic heterocycles. The Morgan fingerprint density at radius 2 is 1.27 bits per heavy atom. The standard InChI is InChI=1S/C44H30N10O17S4/c1-71-25-9-15-32(34(19-25)74(65,66)67)50-48-30-16-17-31(29-20-27(73(62,63)64)12-13-28(29)30)49-51-38-35(75(68,69)70)18-22-4-14-33-37(36(22)41(38)55)46-42(45-33)21-2-5-23(6-3-21)47-52-39-40(44(57)58)53-54(43(39)56)24-7-10-26(11-8-24)72(59,60)61/h2-20,39,55H,1H3,(H,45,46)(H,57,58)(H,59,60,61)(H,62,63,64)(H,65,66,67)(H,68,69,70). The summed E-state index contributed by atoms with van der Waals surface area (Å²) in [6.45, 7) is 0. The largest absolute Gasteiger partial charge is 0.505 e. The summed E-state index contributed by atoms with van der Waals surface area (Å²) in [6.07, 6.45) is 0. The van der Waals surface area contributed by atoms with E-state index in [-0.39, 0.29) is 67.1 Å². The van der Waals surface area contributed by atoms with E-state index >= 15 is 0 Å². The number of nitrogens with zero attached hydrogens (tertiary/aromatic N) is 9. The van der Waals surface area contributed by atoms with Gasteiger partial charge in [0.25, 0.3) is 46.4 Å². The van der Waals surface area contributed by atoms with Gasteiger partial charge in [0.15, 0.2) is 11.5 Å². The molecule has 1 unspecified atom stereocenters. The Morgan fingerprint density at radius 3 is 1.89 bits per heavy atom. The number of phenolic OH excluding ortho intramolecular Hbond substituents is 1. The molecule has 0 aliphatic carbocycles. The third-order valence-corrected chi connectivity index (χ3v) is 14.6. The van der Waals surface area contributed by atoms with Crippen LogP contribution in [-0.2, 0) is 50.1 Å².